The van der Waals surface area contributed by atoms with Gasteiger partial charge in [0, 0.05) is 13.1 Å². The quantitative estimate of drug-likeness (QED) is 0.875. The van der Waals surface area contributed by atoms with Crippen LogP contribution in [0.15, 0.2) is 6.33 Å². The lowest BCUT2D eigenvalue weighted by atomic mass is 9.78. The highest BCUT2D eigenvalue weighted by Gasteiger charge is 2.28. The Morgan fingerprint density at radius 1 is 1.21 bits per heavy atom. The minimum Gasteiger partial charge on any atom is -0.490 e. The van der Waals surface area contributed by atoms with Gasteiger partial charge in [0.15, 0.2) is 11.6 Å². The second-order valence-corrected chi connectivity index (χ2v) is 5.37. The van der Waals surface area contributed by atoms with Crippen LogP contribution in [0.3, 0.4) is 0 Å². The molecule has 0 bridgehead atoms. The normalized spacial score (nSPS) is 26.8. The van der Waals surface area contributed by atoms with Crippen molar-refractivity contribution in [2.75, 3.05) is 24.8 Å². The molecule has 1 saturated carbocycles. The molecular formula is C14H24N4O. The fraction of sp³-hybridized carbons (Fsp3) is 0.714. The number of nitrogens with one attached hydrogen (secondary N) is 2. The Balaban J connectivity index is 2.18. The van der Waals surface area contributed by atoms with Crippen molar-refractivity contribution < 1.29 is 4.74 Å². The Hall–Kier alpha value is -1.52. The number of nitrogens with zero attached hydrogens (tertiary/aromatic N) is 2. The molecule has 2 N–H and O–H groups in total. The predicted octanol–water partition coefficient (Wildman–Crippen LogP) is 2.76. The van der Waals surface area contributed by atoms with Gasteiger partial charge in [0.2, 0.25) is 5.75 Å². The van der Waals surface area contributed by atoms with Crippen molar-refractivity contribution >= 4 is 11.6 Å². The van der Waals surface area contributed by atoms with Gasteiger partial charge in [-0.15, -0.1) is 0 Å². The standard InChI is InChI=1S/C14H24N4O/c1-9-6-5-7-11(10(9)2)18-14-12(19-4)13(15-3)16-8-17-14/h8-11H,5-7H2,1-4H3,(H2,15,16,17,18). The summed E-state index contributed by atoms with van der Waals surface area (Å²) in [4.78, 5) is 8.49. The summed E-state index contributed by atoms with van der Waals surface area (Å²) in [6, 6.07) is 0.456. The van der Waals surface area contributed by atoms with Crippen LogP contribution in [0.5, 0.6) is 5.75 Å². The summed E-state index contributed by atoms with van der Waals surface area (Å²) in [6.45, 7) is 4.64. The van der Waals surface area contributed by atoms with Crippen molar-refractivity contribution in [3.63, 3.8) is 0 Å². The molecule has 106 valence electrons. The molecule has 0 saturated heterocycles. The van der Waals surface area contributed by atoms with Crippen LogP contribution in [0.4, 0.5) is 11.6 Å². The van der Waals surface area contributed by atoms with E-state index in [2.05, 4.69) is 34.4 Å². The lowest BCUT2D eigenvalue weighted by molar-refractivity contribution is 0.252. The Bertz CT molecular complexity index is 424. The first kappa shape index (κ1) is 13.9. The Labute approximate surface area is 115 Å². The molecule has 1 heterocycles. The number of rotatable bonds is 4. The molecule has 2 rings (SSSR count). The van der Waals surface area contributed by atoms with Crippen LogP contribution in [0, 0.1) is 11.8 Å². The smallest absolute Gasteiger partial charge is 0.204 e. The monoisotopic (exact) mass is 264 g/mol. The third-order valence-corrected chi connectivity index (χ3v) is 4.27. The van der Waals surface area contributed by atoms with Crippen molar-refractivity contribution in [1.82, 2.24) is 9.97 Å². The van der Waals surface area contributed by atoms with Crippen LogP contribution < -0.4 is 15.4 Å². The van der Waals surface area contributed by atoms with Crippen LogP contribution in [-0.2, 0) is 0 Å². The molecule has 0 aromatic carbocycles. The molecular weight excluding hydrogens is 240 g/mol. The van der Waals surface area contributed by atoms with Gasteiger partial charge >= 0.3 is 0 Å². The van der Waals surface area contributed by atoms with Crippen LogP contribution >= 0.6 is 0 Å². The number of ether oxygens (including phenoxy) is 1. The van der Waals surface area contributed by atoms with Gasteiger partial charge in [0.1, 0.15) is 6.33 Å². The summed E-state index contributed by atoms with van der Waals surface area (Å²) in [7, 11) is 3.48. The average Bonchev–Trinajstić information content (AvgIpc) is 2.43. The minimum absolute atomic E-state index is 0.456. The van der Waals surface area contributed by atoms with Gasteiger partial charge in [-0.1, -0.05) is 26.7 Å². The van der Waals surface area contributed by atoms with Crippen LogP contribution in [0.2, 0.25) is 0 Å². The molecule has 3 unspecified atom stereocenters. The van der Waals surface area contributed by atoms with E-state index >= 15 is 0 Å². The van der Waals surface area contributed by atoms with Crippen LogP contribution in [-0.4, -0.2) is 30.2 Å². The Morgan fingerprint density at radius 3 is 2.63 bits per heavy atom. The maximum absolute atomic E-state index is 5.42. The third-order valence-electron chi connectivity index (χ3n) is 4.27. The SMILES string of the molecule is CNc1ncnc(NC2CCCC(C)C2C)c1OC. The summed E-state index contributed by atoms with van der Waals surface area (Å²) < 4.78 is 5.42. The van der Waals surface area contributed by atoms with E-state index in [0.29, 0.717) is 17.7 Å². The Kier molecular flexibility index (Phi) is 4.45. The van der Waals surface area contributed by atoms with E-state index in [1.54, 1.807) is 13.4 Å². The van der Waals surface area contributed by atoms with E-state index in [9.17, 15) is 0 Å². The van der Waals surface area contributed by atoms with E-state index in [-0.39, 0.29) is 0 Å². The highest BCUT2D eigenvalue weighted by atomic mass is 16.5. The van der Waals surface area contributed by atoms with Crippen molar-refractivity contribution in [3.05, 3.63) is 6.33 Å². The molecule has 0 amide bonds. The van der Waals surface area contributed by atoms with Gasteiger partial charge in [-0.05, 0) is 18.3 Å². The van der Waals surface area contributed by atoms with Gasteiger partial charge < -0.3 is 15.4 Å². The molecule has 1 aliphatic rings. The highest BCUT2D eigenvalue weighted by molar-refractivity contribution is 5.63. The molecule has 19 heavy (non-hydrogen) atoms. The number of aromatic nitrogens is 2. The van der Waals surface area contributed by atoms with E-state index in [1.807, 2.05) is 7.05 Å². The summed E-state index contributed by atoms with van der Waals surface area (Å²) in [5.74, 6) is 3.59. The summed E-state index contributed by atoms with van der Waals surface area (Å²) in [5.41, 5.74) is 0. The van der Waals surface area contributed by atoms with Crippen LogP contribution in [0.25, 0.3) is 0 Å². The maximum atomic E-state index is 5.42. The topological polar surface area (TPSA) is 59.1 Å². The van der Waals surface area contributed by atoms with Gasteiger partial charge in [0.05, 0.1) is 7.11 Å². The highest BCUT2D eigenvalue weighted by Crippen LogP contribution is 2.34. The van der Waals surface area contributed by atoms with Crippen LogP contribution in [0.1, 0.15) is 33.1 Å². The first-order valence-electron chi connectivity index (χ1n) is 7.00. The number of hydrogen-bond donors (Lipinski definition) is 2. The number of methoxy groups -OCH3 is 1. The van der Waals surface area contributed by atoms with E-state index < -0.39 is 0 Å². The molecule has 1 aromatic rings. The van der Waals surface area contributed by atoms with Crippen molar-refractivity contribution in [1.29, 1.82) is 0 Å². The zero-order valence-corrected chi connectivity index (χ0v) is 12.2. The van der Waals surface area contributed by atoms with Gasteiger partial charge in [-0.25, -0.2) is 9.97 Å². The summed E-state index contributed by atoms with van der Waals surface area (Å²) in [5, 5.41) is 6.57. The fourth-order valence-electron chi connectivity index (χ4n) is 2.81. The molecule has 5 heteroatoms. The number of hydrogen-bond acceptors (Lipinski definition) is 5. The molecule has 0 radical (unpaired) electrons. The largest absolute Gasteiger partial charge is 0.490 e. The zero-order valence-electron chi connectivity index (χ0n) is 12.2. The minimum atomic E-state index is 0.456. The van der Waals surface area contributed by atoms with Crippen molar-refractivity contribution in [2.45, 2.75) is 39.2 Å². The summed E-state index contributed by atoms with van der Waals surface area (Å²) in [6.07, 6.45) is 5.35. The molecule has 0 spiro atoms. The lowest BCUT2D eigenvalue weighted by Gasteiger charge is -2.35. The molecule has 3 atom stereocenters. The Morgan fingerprint density at radius 2 is 1.95 bits per heavy atom. The van der Waals surface area contributed by atoms with E-state index in [4.69, 9.17) is 4.74 Å². The fourth-order valence-corrected chi connectivity index (χ4v) is 2.81. The molecule has 1 aliphatic carbocycles. The third kappa shape index (κ3) is 2.91. The van der Waals surface area contributed by atoms with E-state index in [0.717, 1.165) is 17.6 Å². The molecule has 5 nitrogen and oxygen atoms in total. The van der Waals surface area contributed by atoms with E-state index in [1.165, 1.54) is 19.3 Å². The maximum Gasteiger partial charge on any atom is 0.204 e. The zero-order chi connectivity index (χ0) is 13.8. The molecule has 0 aliphatic heterocycles. The predicted molar refractivity (Wildman–Crippen MR) is 77.7 cm³/mol. The molecule has 1 fully saturated rings. The van der Waals surface area contributed by atoms with Gasteiger partial charge in [-0.3, -0.25) is 0 Å². The number of anilines is 2. The first-order chi connectivity index (χ1) is 9.17. The second-order valence-electron chi connectivity index (χ2n) is 5.37. The first-order valence-corrected chi connectivity index (χ1v) is 7.00. The summed E-state index contributed by atoms with van der Waals surface area (Å²) >= 11 is 0. The van der Waals surface area contributed by atoms with Gasteiger partial charge in [-0.2, -0.15) is 0 Å². The van der Waals surface area contributed by atoms with Gasteiger partial charge in [0.25, 0.3) is 0 Å². The van der Waals surface area contributed by atoms with Crippen molar-refractivity contribution in [3.8, 4) is 5.75 Å². The second kappa shape index (κ2) is 6.08. The lowest BCUT2D eigenvalue weighted by Crippen LogP contribution is -2.35. The van der Waals surface area contributed by atoms with Crippen molar-refractivity contribution in [2.24, 2.45) is 11.8 Å². The average molecular weight is 264 g/mol. The molecule has 1 aromatic heterocycles.